The van der Waals surface area contributed by atoms with Gasteiger partial charge in [-0.3, -0.25) is 20.6 Å². The lowest BCUT2D eigenvalue weighted by Gasteiger charge is -2.32. The van der Waals surface area contributed by atoms with Crippen molar-refractivity contribution in [2.24, 2.45) is 0 Å². The molecule has 0 spiro atoms. The van der Waals surface area contributed by atoms with Gasteiger partial charge >= 0.3 is 0 Å². The van der Waals surface area contributed by atoms with Crippen molar-refractivity contribution in [1.82, 2.24) is 20.7 Å². The Kier molecular flexibility index (Phi) is 6.58. The average Bonchev–Trinajstić information content (AvgIpc) is 3.48. The Morgan fingerprint density at radius 2 is 1.84 bits per heavy atom. The minimum atomic E-state index is 0.110. The van der Waals surface area contributed by atoms with Crippen LogP contribution in [0.3, 0.4) is 0 Å². The minimum Gasteiger partial charge on any atom is -0.493 e. The van der Waals surface area contributed by atoms with Crippen molar-refractivity contribution in [2.45, 2.75) is 37.3 Å². The van der Waals surface area contributed by atoms with Gasteiger partial charge in [0.05, 0.1) is 27.8 Å². The number of carbonyl (C=O) groups is 1. The topological polar surface area (TPSA) is 85.0 Å². The molecule has 0 saturated carbocycles. The van der Waals surface area contributed by atoms with E-state index in [1.54, 1.807) is 21.3 Å². The summed E-state index contributed by atoms with van der Waals surface area (Å²) in [5, 5.41) is 0. The summed E-state index contributed by atoms with van der Waals surface area (Å²) in [5.74, 6) is 2.05. The number of amides is 1. The van der Waals surface area contributed by atoms with Gasteiger partial charge in [-0.2, -0.15) is 0 Å². The molecule has 8 nitrogen and oxygen atoms in total. The van der Waals surface area contributed by atoms with Gasteiger partial charge in [0.2, 0.25) is 11.7 Å². The molecular formula is C23H30N4O4. The molecule has 1 amide bonds. The van der Waals surface area contributed by atoms with Crippen LogP contribution in [0.4, 0.5) is 0 Å². The van der Waals surface area contributed by atoms with E-state index in [2.05, 4.69) is 28.0 Å². The second kappa shape index (κ2) is 9.53. The highest BCUT2D eigenvalue weighted by Crippen LogP contribution is 2.39. The van der Waals surface area contributed by atoms with Crippen LogP contribution in [-0.4, -0.2) is 62.3 Å². The number of carbonyl (C=O) groups excluding carboxylic acids is 1. The molecule has 1 aromatic heterocycles. The molecule has 2 N–H and O–H groups in total. The second-order valence-electron chi connectivity index (χ2n) is 7.95. The molecule has 0 radical (unpaired) electrons. The Hall–Kier alpha value is -2.84. The van der Waals surface area contributed by atoms with Crippen LogP contribution in [0, 0.1) is 0 Å². The second-order valence-corrected chi connectivity index (χ2v) is 7.95. The Morgan fingerprint density at radius 1 is 1.13 bits per heavy atom. The minimum absolute atomic E-state index is 0.110. The largest absolute Gasteiger partial charge is 0.493 e. The number of likely N-dealkylation sites (tertiary alicyclic amines) is 1. The number of hydrogen-bond acceptors (Lipinski definition) is 7. The van der Waals surface area contributed by atoms with Crippen molar-refractivity contribution in [2.75, 3.05) is 34.4 Å². The van der Waals surface area contributed by atoms with Crippen molar-refractivity contribution in [1.29, 1.82) is 0 Å². The third kappa shape index (κ3) is 4.31. The molecule has 1 aromatic carbocycles. The van der Waals surface area contributed by atoms with Crippen LogP contribution in [0.2, 0.25) is 0 Å². The van der Waals surface area contributed by atoms with Gasteiger partial charge in [-0.25, -0.2) is 0 Å². The van der Waals surface area contributed by atoms with Gasteiger partial charge in [0.25, 0.3) is 0 Å². The summed E-state index contributed by atoms with van der Waals surface area (Å²) in [5.41, 5.74) is 8.80. The van der Waals surface area contributed by atoms with E-state index in [0.717, 1.165) is 31.5 Å². The van der Waals surface area contributed by atoms with E-state index in [1.807, 2.05) is 29.4 Å². The molecule has 2 aliphatic rings. The van der Waals surface area contributed by atoms with Crippen molar-refractivity contribution in [3.8, 4) is 17.2 Å². The normalized spacial score (nSPS) is 23.1. The van der Waals surface area contributed by atoms with Gasteiger partial charge in [-0.05, 0) is 48.2 Å². The van der Waals surface area contributed by atoms with E-state index in [0.29, 0.717) is 23.2 Å². The molecule has 3 atom stereocenters. The first-order valence-electron chi connectivity index (χ1n) is 10.6. The zero-order valence-electron chi connectivity index (χ0n) is 18.3. The quantitative estimate of drug-likeness (QED) is 0.700. The summed E-state index contributed by atoms with van der Waals surface area (Å²) in [6, 6.07) is 8.11. The van der Waals surface area contributed by atoms with Crippen LogP contribution >= 0.6 is 0 Å². The van der Waals surface area contributed by atoms with Gasteiger partial charge in [0.15, 0.2) is 11.5 Å². The maximum Gasteiger partial charge on any atom is 0.227 e. The van der Waals surface area contributed by atoms with E-state index in [9.17, 15) is 4.79 Å². The predicted molar refractivity (Wildman–Crippen MR) is 116 cm³/mol. The van der Waals surface area contributed by atoms with Crippen LogP contribution in [0.15, 0.2) is 36.7 Å². The van der Waals surface area contributed by atoms with Crippen LogP contribution in [0.5, 0.6) is 17.2 Å². The van der Waals surface area contributed by atoms with E-state index in [4.69, 9.17) is 14.2 Å². The van der Waals surface area contributed by atoms with Gasteiger partial charge in [-0.1, -0.05) is 0 Å². The van der Waals surface area contributed by atoms with Gasteiger partial charge in [0.1, 0.15) is 0 Å². The first-order valence-corrected chi connectivity index (χ1v) is 10.6. The Balaban J connectivity index is 1.52. The number of aromatic nitrogens is 1. The summed E-state index contributed by atoms with van der Waals surface area (Å²) in [4.78, 5) is 19.5. The van der Waals surface area contributed by atoms with E-state index < -0.39 is 0 Å². The first-order chi connectivity index (χ1) is 15.2. The molecule has 3 heterocycles. The van der Waals surface area contributed by atoms with Crippen molar-refractivity contribution < 1.29 is 19.0 Å². The molecule has 31 heavy (non-hydrogen) atoms. The lowest BCUT2D eigenvalue weighted by atomic mass is 9.88. The zero-order valence-corrected chi connectivity index (χ0v) is 18.3. The van der Waals surface area contributed by atoms with Gasteiger partial charge in [0, 0.05) is 43.5 Å². The third-order valence-electron chi connectivity index (χ3n) is 6.27. The maximum atomic E-state index is 13.3. The molecule has 0 aliphatic carbocycles. The Bertz CT molecular complexity index is 883. The summed E-state index contributed by atoms with van der Waals surface area (Å²) >= 11 is 0. The SMILES string of the molecule is COc1cc(CC(=O)N2CCCC2C2NNCC2c2ccncc2)cc(OC)c1OC. The van der Waals surface area contributed by atoms with Crippen LogP contribution in [-0.2, 0) is 11.2 Å². The fourth-order valence-electron chi connectivity index (χ4n) is 4.80. The molecule has 166 valence electrons. The lowest BCUT2D eigenvalue weighted by molar-refractivity contribution is -0.131. The standard InChI is InChI=1S/C23H30N4O4/c1-29-19-11-15(12-20(30-2)23(19)31-3)13-21(28)27-10-4-5-18(27)22-17(14-25-26-22)16-6-8-24-9-7-16/h6-9,11-12,17-18,22,25-26H,4-5,10,13-14H2,1-3H3. The predicted octanol–water partition coefficient (Wildman–Crippen LogP) is 1.90. The monoisotopic (exact) mass is 426 g/mol. The number of benzene rings is 1. The molecule has 2 aromatic rings. The van der Waals surface area contributed by atoms with Crippen molar-refractivity contribution >= 4 is 5.91 Å². The molecule has 8 heteroatoms. The smallest absolute Gasteiger partial charge is 0.227 e. The zero-order chi connectivity index (χ0) is 21.8. The van der Waals surface area contributed by atoms with Crippen LogP contribution in [0.25, 0.3) is 0 Å². The summed E-state index contributed by atoms with van der Waals surface area (Å²) < 4.78 is 16.3. The Labute approximate surface area is 182 Å². The van der Waals surface area contributed by atoms with Crippen molar-refractivity contribution in [3.63, 3.8) is 0 Å². The van der Waals surface area contributed by atoms with Gasteiger partial charge < -0.3 is 19.1 Å². The fourth-order valence-corrected chi connectivity index (χ4v) is 4.80. The number of rotatable bonds is 7. The highest BCUT2D eigenvalue weighted by molar-refractivity contribution is 5.80. The summed E-state index contributed by atoms with van der Waals surface area (Å²) in [6.45, 7) is 1.61. The fraction of sp³-hybridized carbons (Fsp3) is 0.478. The molecule has 2 fully saturated rings. The van der Waals surface area contributed by atoms with Crippen molar-refractivity contribution in [3.05, 3.63) is 47.8 Å². The first kappa shape index (κ1) is 21.4. The molecular weight excluding hydrogens is 396 g/mol. The number of methoxy groups -OCH3 is 3. The molecule has 2 aliphatic heterocycles. The summed E-state index contributed by atoms with van der Waals surface area (Å²) in [6.07, 6.45) is 5.93. The number of nitrogens with one attached hydrogen (secondary N) is 2. The van der Waals surface area contributed by atoms with Gasteiger partial charge in [-0.15, -0.1) is 0 Å². The Morgan fingerprint density at radius 3 is 2.48 bits per heavy atom. The molecule has 2 saturated heterocycles. The number of hydrogen-bond donors (Lipinski definition) is 2. The number of ether oxygens (including phenoxy) is 3. The number of nitrogens with zero attached hydrogens (tertiary/aromatic N) is 2. The molecule has 0 bridgehead atoms. The summed E-state index contributed by atoms with van der Waals surface area (Å²) in [7, 11) is 4.73. The number of pyridine rings is 1. The lowest BCUT2D eigenvalue weighted by Crippen LogP contribution is -2.50. The van der Waals surface area contributed by atoms with Crippen LogP contribution < -0.4 is 25.1 Å². The van der Waals surface area contributed by atoms with E-state index >= 15 is 0 Å². The third-order valence-corrected chi connectivity index (χ3v) is 6.27. The number of hydrazine groups is 1. The molecule has 4 rings (SSSR count). The van der Waals surface area contributed by atoms with Crippen LogP contribution in [0.1, 0.15) is 29.9 Å². The molecule has 3 unspecified atom stereocenters. The average molecular weight is 427 g/mol. The highest BCUT2D eigenvalue weighted by atomic mass is 16.5. The highest BCUT2D eigenvalue weighted by Gasteiger charge is 2.41. The van der Waals surface area contributed by atoms with E-state index in [1.165, 1.54) is 5.56 Å². The maximum absolute atomic E-state index is 13.3. The van der Waals surface area contributed by atoms with E-state index in [-0.39, 0.29) is 24.4 Å².